The van der Waals surface area contributed by atoms with Gasteiger partial charge in [-0.3, -0.25) is 4.79 Å². The SMILES string of the molecule is CC(C)(C)OC(=O)N(C(=O)OC(C)(C)C)c1cc(CC2C(=O)N[C@@H]2Oc2ccc(C(=O)OCc3ccccc3)cc2)ccn1. The smallest absolute Gasteiger partial charge is 0.425 e. The molecule has 2 heterocycles. The van der Waals surface area contributed by atoms with E-state index in [1.54, 1.807) is 71.9 Å². The molecule has 1 aliphatic rings. The summed E-state index contributed by atoms with van der Waals surface area (Å²) in [5.41, 5.74) is 0.147. The number of β-lactam (4-membered cyclic amide) rings is 1. The molecular weight excluding hydrogens is 566 g/mol. The molecule has 0 radical (unpaired) electrons. The number of nitrogens with one attached hydrogen (secondary N) is 1. The van der Waals surface area contributed by atoms with Gasteiger partial charge in [-0.15, -0.1) is 0 Å². The quantitative estimate of drug-likeness (QED) is 0.192. The van der Waals surface area contributed by atoms with Crippen molar-refractivity contribution in [2.24, 2.45) is 5.92 Å². The molecule has 11 nitrogen and oxygen atoms in total. The Morgan fingerprint density at radius 2 is 1.45 bits per heavy atom. The predicted octanol–water partition coefficient (Wildman–Crippen LogP) is 5.81. The van der Waals surface area contributed by atoms with Crippen molar-refractivity contribution < 1.29 is 38.1 Å². The van der Waals surface area contributed by atoms with Gasteiger partial charge in [-0.25, -0.2) is 19.4 Å². The van der Waals surface area contributed by atoms with Crippen LogP contribution in [0.3, 0.4) is 0 Å². The maximum Gasteiger partial charge on any atom is 0.425 e. The minimum absolute atomic E-state index is 0.00191. The lowest BCUT2D eigenvalue weighted by molar-refractivity contribution is -0.144. The van der Waals surface area contributed by atoms with Gasteiger partial charge < -0.3 is 24.3 Å². The van der Waals surface area contributed by atoms with E-state index >= 15 is 0 Å². The van der Waals surface area contributed by atoms with E-state index < -0.39 is 41.5 Å². The molecule has 3 aromatic rings. The van der Waals surface area contributed by atoms with Crippen LogP contribution in [0, 0.1) is 5.92 Å². The first kappa shape index (κ1) is 32.0. The van der Waals surface area contributed by atoms with Crippen LogP contribution in [0.15, 0.2) is 72.9 Å². The van der Waals surface area contributed by atoms with Crippen molar-refractivity contribution in [3.63, 3.8) is 0 Å². The van der Waals surface area contributed by atoms with Crippen molar-refractivity contribution >= 4 is 29.9 Å². The van der Waals surface area contributed by atoms with E-state index in [4.69, 9.17) is 18.9 Å². The lowest BCUT2D eigenvalue weighted by Gasteiger charge is -2.36. The lowest BCUT2D eigenvalue weighted by Crippen LogP contribution is -2.61. The molecule has 2 aromatic carbocycles. The molecular formula is C33H37N3O8. The average molecular weight is 604 g/mol. The highest BCUT2D eigenvalue weighted by Crippen LogP contribution is 2.27. The molecule has 4 rings (SSSR count). The highest BCUT2D eigenvalue weighted by Gasteiger charge is 2.41. The molecule has 11 heteroatoms. The fourth-order valence-corrected chi connectivity index (χ4v) is 4.16. The maximum absolute atomic E-state index is 13.0. The number of rotatable bonds is 8. The molecule has 2 atom stereocenters. The predicted molar refractivity (Wildman–Crippen MR) is 161 cm³/mol. The van der Waals surface area contributed by atoms with Crippen LogP contribution >= 0.6 is 0 Å². The number of pyridine rings is 1. The van der Waals surface area contributed by atoms with Crippen LogP contribution in [-0.4, -0.2) is 46.5 Å². The van der Waals surface area contributed by atoms with Crippen LogP contribution in [-0.2, 0) is 32.0 Å². The van der Waals surface area contributed by atoms with E-state index in [2.05, 4.69) is 10.3 Å². The number of carbonyl (C=O) groups is 4. The van der Waals surface area contributed by atoms with Gasteiger partial charge in [-0.05, 0) is 95.5 Å². The minimum Gasteiger partial charge on any atom is -0.470 e. The van der Waals surface area contributed by atoms with Gasteiger partial charge in [0.25, 0.3) is 0 Å². The van der Waals surface area contributed by atoms with E-state index in [0.717, 1.165) is 10.5 Å². The van der Waals surface area contributed by atoms with Crippen LogP contribution < -0.4 is 15.0 Å². The Morgan fingerprint density at radius 3 is 2.02 bits per heavy atom. The number of hydrogen-bond donors (Lipinski definition) is 1. The zero-order chi connectivity index (χ0) is 32.1. The van der Waals surface area contributed by atoms with Gasteiger partial charge in [-0.2, -0.15) is 4.90 Å². The van der Waals surface area contributed by atoms with Crippen molar-refractivity contribution in [1.29, 1.82) is 0 Å². The summed E-state index contributed by atoms with van der Waals surface area (Å²) in [5.74, 6) is -0.785. The summed E-state index contributed by atoms with van der Waals surface area (Å²) in [4.78, 5) is 55.9. The molecule has 232 valence electrons. The number of anilines is 1. The third-order valence-corrected chi connectivity index (χ3v) is 6.20. The van der Waals surface area contributed by atoms with Gasteiger partial charge in [0.2, 0.25) is 5.91 Å². The number of hydrogen-bond acceptors (Lipinski definition) is 9. The van der Waals surface area contributed by atoms with Crippen molar-refractivity contribution in [2.75, 3.05) is 4.90 Å². The normalized spacial score (nSPS) is 16.2. The molecule has 1 N–H and O–H groups in total. The van der Waals surface area contributed by atoms with Crippen molar-refractivity contribution in [2.45, 2.75) is 72.0 Å². The van der Waals surface area contributed by atoms with Crippen molar-refractivity contribution in [3.8, 4) is 5.75 Å². The first-order valence-electron chi connectivity index (χ1n) is 14.2. The highest BCUT2D eigenvalue weighted by atomic mass is 16.6. The second-order valence-electron chi connectivity index (χ2n) is 12.3. The van der Waals surface area contributed by atoms with Gasteiger partial charge in [0, 0.05) is 6.20 Å². The second-order valence-corrected chi connectivity index (χ2v) is 12.3. The Balaban J connectivity index is 1.42. The molecule has 0 bridgehead atoms. The Bertz CT molecular complexity index is 1470. The summed E-state index contributed by atoms with van der Waals surface area (Å²) in [6, 6.07) is 19.0. The van der Waals surface area contributed by atoms with Gasteiger partial charge in [-0.1, -0.05) is 30.3 Å². The highest BCUT2D eigenvalue weighted by molar-refractivity contribution is 6.08. The summed E-state index contributed by atoms with van der Waals surface area (Å²) in [6.45, 7) is 10.3. The summed E-state index contributed by atoms with van der Waals surface area (Å²) in [5, 5.41) is 2.74. The number of esters is 1. The number of benzene rings is 2. The summed E-state index contributed by atoms with van der Waals surface area (Å²) in [6.07, 6.45) is -0.832. The molecule has 1 fully saturated rings. The fourth-order valence-electron chi connectivity index (χ4n) is 4.16. The van der Waals surface area contributed by atoms with E-state index in [0.29, 0.717) is 16.9 Å². The fraction of sp³-hybridized carbons (Fsp3) is 0.364. The molecule has 0 spiro atoms. The van der Waals surface area contributed by atoms with Crippen LogP contribution in [0.2, 0.25) is 0 Å². The largest absolute Gasteiger partial charge is 0.470 e. The van der Waals surface area contributed by atoms with Crippen LogP contribution in [0.1, 0.15) is 63.0 Å². The monoisotopic (exact) mass is 603 g/mol. The maximum atomic E-state index is 13.0. The topological polar surface area (TPSA) is 133 Å². The number of amides is 3. The zero-order valence-electron chi connectivity index (χ0n) is 25.7. The molecule has 1 aromatic heterocycles. The first-order valence-corrected chi connectivity index (χ1v) is 14.2. The number of nitrogens with zero attached hydrogens (tertiary/aromatic N) is 2. The van der Waals surface area contributed by atoms with E-state index in [-0.39, 0.29) is 24.8 Å². The molecule has 3 amide bonds. The Morgan fingerprint density at radius 1 is 0.841 bits per heavy atom. The summed E-state index contributed by atoms with van der Waals surface area (Å²) >= 11 is 0. The Labute approximate surface area is 256 Å². The molecule has 1 saturated heterocycles. The standard InChI is InChI=1S/C33H37N3O8/c1-32(2,3)43-30(39)36(31(40)44-33(4,5)6)26-19-22(16-17-34-26)18-25-27(37)35-28(25)42-24-14-12-23(13-15-24)29(38)41-20-21-10-8-7-9-11-21/h7-17,19,25,28H,18,20H2,1-6H3,(H,35,37)/t25?,28-/m1/s1. The molecule has 0 saturated carbocycles. The van der Waals surface area contributed by atoms with Crippen molar-refractivity contribution in [3.05, 3.63) is 89.6 Å². The van der Waals surface area contributed by atoms with Gasteiger partial charge in [0.15, 0.2) is 6.23 Å². The number of ether oxygens (including phenoxy) is 4. The van der Waals surface area contributed by atoms with Crippen molar-refractivity contribution in [1.82, 2.24) is 10.3 Å². The number of imide groups is 1. The molecule has 1 unspecified atom stereocenters. The van der Waals surface area contributed by atoms with Gasteiger partial charge in [0.1, 0.15) is 29.4 Å². The van der Waals surface area contributed by atoms with Crippen LogP contribution in [0.4, 0.5) is 15.4 Å². The van der Waals surface area contributed by atoms with Gasteiger partial charge >= 0.3 is 18.2 Å². The lowest BCUT2D eigenvalue weighted by atomic mass is 9.91. The third-order valence-electron chi connectivity index (χ3n) is 6.20. The first-order chi connectivity index (χ1) is 20.7. The summed E-state index contributed by atoms with van der Waals surface area (Å²) < 4.78 is 22.2. The van der Waals surface area contributed by atoms with Crippen LogP contribution in [0.25, 0.3) is 0 Å². The Kier molecular flexibility index (Phi) is 9.56. The summed E-state index contributed by atoms with van der Waals surface area (Å²) in [7, 11) is 0. The minimum atomic E-state index is -0.939. The van der Waals surface area contributed by atoms with Gasteiger partial charge in [0.05, 0.1) is 11.5 Å². The Hall–Kier alpha value is -4.93. The average Bonchev–Trinajstić information content (AvgIpc) is 2.94. The third kappa shape index (κ3) is 8.79. The number of carbonyl (C=O) groups excluding carboxylic acids is 4. The van der Waals surface area contributed by atoms with E-state index in [9.17, 15) is 19.2 Å². The molecule has 0 aliphatic carbocycles. The molecule has 44 heavy (non-hydrogen) atoms. The second kappa shape index (κ2) is 13.2. The zero-order valence-corrected chi connectivity index (χ0v) is 25.7. The van der Waals surface area contributed by atoms with Crippen LogP contribution in [0.5, 0.6) is 5.75 Å². The van der Waals surface area contributed by atoms with E-state index in [1.165, 1.54) is 12.3 Å². The van der Waals surface area contributed by atoms with E-state index in [1.807, 2.05) is 30.3 Å². The number of aromatic nitrogens is 1. The molecule has 1 aliphatic heterocycles.